The summed E-state index contributed by atoms with van der Waals surface area (Å²) < 4.78 is 10.8. The highest BCUT2D eigenvalue weighted by Crippen LogP contribution is 2.03. The van der Waals surface area contributed by atoms with Gasteiger partial charge < -0.3 is 15.3 Å². The van der Waals surface area contributed by atoms with Gasteiger partial charge in [-0.1, -0.05) is 6.92 Å². The first-order valence-corrected chi connectivity index (χ1v) is 7.67. The molecule has 6 nitrogen and oxygen atoms in total. The van der Waals surface area contributed by atoms with Crippen LogP contribution in [0.4, 0.5) is 4.79 Å². The lowest BCUT2D eigenvalue weighted by atomic mass is 10.2. The molecule has 18 heavy (non-hydrogen) atoms. The van der Waals surface area contributed by atoms with Gasteiger partial charge in [0.2, 0.25) is 0 Å². The van der Waals surface area contributed by atoms with Crippen LogP contribution in [0.3, 0.4) is 0 Å². The summed E-state index contributed by atoms with van der Waals surface area (Å²) in [5.74, 6) is -0.497. The molecule has 0 saturated heterocycles. The van der Waals surface area contributed by atoms with Crippen LogP contribution in [0.1, 0.15) is 26.7 Å². The summed E-state index contributed by atoms with van der Waals surface area (Å²) >= 11 is 0. The van der Waals surface area contributed by atoms with Crippen molar-refractivity contribution in [1.82, 2.24) is 10.2 Å². The van der Waals surface area contributed by atoms with E-state index in [0.717, 1.165) is 0 Å². The summed E-state index contributed by atoms with van der Waals surface area (Å²) in [6.07, 6.45) is 2.92. The average molecular weight is 278 g/mol. The lowest BCUT2D eigenvalue weighted by Crippen LogP contribution is -2.47. The first kappa shape index (κ1) is 16.9. The van der Waals surface area contributed by atoms with Gasteiger partial charge in [-0.3, -0.25) is 9.00 Å². The van der Waals surface area contributed by atoms with Crippen LogP contribution < -0.4 is 5.32 Å². The highest BCUT2D eigenvalue weighted by Gasteiger charge is 2.20. The molecule has 0 radical (unpaired) electrons. The Balaban J connectivity index is 4.21. The molecular weight excluding hydrogens is 256 g/mol. The van der Waals surface area contributed by atoms with E-state index >= 15 is 0 Å². The van der Waals surface area contributed by atoms with Crippen molar-refractivity contribution < 1.29 is 18.9 Å². The van der Waals surface area contributed by atoms with Crippen LogP contribution in [0.25, 0.3) is 0 Å². The third-order valence-electron chi connectivity index (χ3n) is 2.57. The smallest absolute Gasteiger partial charge is 0.323 e. The van der Waals surface area contributed by atoms with Crippen molar-refractivity contribution in [3.8, 4) is 0 Å². The molecule has 2 amide bonds. The van der Waals surface area contributed by atoms with Gasteiger partial charge in [0.25, 0.3) is 0 Å². The number of hydrogen-bond donors (Lipinski definition) is 2. The third-order valence-corrected chi connectivity index (χ3v) is 3.44. The number of amides is 2. The quantitative estimate of drug-likeness (QED) is 0.638. The number of carbonyl (C=O) groups is 2. The lowest BCUT2D eigenvalue weighted by molar-refractivity contribution is -0.138. The van der Waals surface area contributed by atoms with E-state index in [1.165, 1.54) is 4.90 Å². The SMILES string of the molecule is CCC(C)N(CC(=O)O)C(=O)NCCCS(C)=O. The summed E-state index contributed by atoms with van der Waals surface area (Å²) in [5.41, 5.74) is 0. The van der Waals surface area contributed by atoms with Crippen molar-refractivity contribution in [2.24, 2.45) is 0 Å². The number of nitrogens with one attached hydrogen (secondary N) is 1. The summed E-state index contributed by atoms with van der Waals surface area (Å²) in [6, 6.07) is -0.505. The van der Waals surface area contributed by atoms with Gasteiger partial charge in [0.1, 0.15) is 6.54 Å². The van der Waals surface area contributed by atoms with Crippen molar-refractivity contribution in [3.63, 3.8) is 0 Å². The number of aliphatic carboxylic acids is 1. The molecule has 0 aromatic heterocycles. The molecule has 0 aromatic rings. The molecule has 106 valence electrons. The molecule has 0 rings (SSSR count). The Hall–Kier alpha value is -1.11. The number of carboxylic acid groups (broad SMARTS) is 1. The zero-order valence-corrected chi connectivity index (χ0v) is 12.0. The fourth-order valence-corrected chi connectivity index (χ4v) is 1.92. The maximum atomic E-state index is 11.8. The minimum absolute atomic E-state index is 0.124. The number of rotatable bonds is 8. The minimum atomic E-state index is -1.03. The Morgan fingerprint density at radius 3 is 2.50 bits per heavy atom. The molecule has 2 unspecified atom stereocenters. The van der Waals surface area contributed by atoms with Crippen molar-refractivity contribution in [1.29, 1.82) is 0 Å². The fourth-order valence-electron chi connectivity index (χ4n) is 1.37. The highest BCUT2D eigenvalue weighted by atomic mass is 32.2. The minimum Gasteiger partial charge on any atom is -0.480 e. The van der Waals surface area contributed by atoms with Crippen molar-refractivity contribution in [2.45, 2.75) is 32.7 Å². The Bertz CT molecular complexity index is 309. The number of nitrogens with zero attached hydrogens (tertiary/aromatic N) is 1. The molecule has 7 heteroatoms. The normalized spacial score (nSPS) is 13.7. The van der Waals surface area contributed by atoms with E-state index in [9.17, 15) is 13.8 Å². The van der Waals surface area contributed by atoms with Crippen LogP contribution in [0.2, 0.25) is 0 Å². The van der Waals surface area contributed by atoms with Gasteiger partial charge in [-0.25, -0.2) is 4.79 Å². The van der Waals surface area contributed by atoms with E-state index in [1.807, 2.05) is 13.8 Å². The van der Waals surface area contributed by atoms with Crippen molar-refractivity contribution in [2.75, 3.05) is 25.1 Å². The number of urea groups is 1. The standard InChI is InChI=1S/C11H22N2O4S/c1-4-9(2)13(8-10(14)15)11(16)12-6-5-7-18(3)17/h9H,4-8H2,1-3H3,(H,12,16)(H,14,15). The predicted molar refractivity (Wildman–Crippen MR) is 71.0 cm³/mol. The van der Waals surface area contributed by atoms with Gasteiger partial charge >= 0.3 is 12.0 Å². The first-order chi connectivity index (χ1) is 8.38. The van der Waals surface area contributed by atoms with E-state index in [4.69, 9.17) is 5.11 Å². The Kier molecular flexibility index (Phi) is 8.36. The lowest BCUT2D eigenvalue weighted by Gasteiger charge is -2.27. The summed E-state index contributed by atoms with van der Waals surface area (Å²) in [7, 11) is -0.870. The van der Waals surface area contributed by atoms with E-state index in [-0.39, 0.29) is 18.6 Å². The van der Waals surface area contributed by atoms with Gasteiger partial charge in [-0.15, -0.1) is 0 Å². The molecule has 0 aromatic carbocycles. The van der Waals surface area contributed by atoms with Crippen LogP contribution in [0, 0.1) is 0 Å². The number of carboxylic acids is 1. The second-order valence-corrected chi connectivity index (χ2v) is 5.70. The fraction of sp³-hybridized carbons (Fsp3) is 0.818. The Morgan fingerprint density at radius 1 is 1.44 bits per heavy atom. The molecule has 0 saturated carbocycles. The largest absolute Gasteiger partial charge is 0.480 e. The second kappa shape index (κ2) is 8.91. The summed E-state index contributed by atoms with van der Waals surface area (Å²) in [6.45, 7) is 3.81. The Labute approximate surface area is 110 Å². The average Bonchev–Trinajstić information content (AvgIpc) is 2.29. The van der Waals surface area contributed by atoms with E-state index in [1.54, 1.807) is 6.26 Å². The number of carbonyl (C=O) groups excluding carboxylic acids is 1. The Morgan fingerprint density at radius 2 is 2.06 bits per heavy atom. The highest BCUT2D eigenvalue weighted by molar-refractivity contribution is 7.84. The summed E-state index contributed by atoms with van der Waals surface area (Å²) in [4.78, 5) is 23.8. The molecule has 2 atom stereocenters. The van der Waals surface area contributed by atoms with Crippen LogP contribution in [0.5, 0.6) is 0 Å². The molecule has 2 N–H and O–H groups in total. The molecule has 0 aliphatic heterocycles. The maximum absolute atomic E-state index is 11.8. The van der Waals surface area contributed by atoms with Crippen LogP contribution in [-0.2, 0) is 15.6 Å². The predicted octanol–water partition coefficient (Wildman–Crippen LogP) is 0.650. The zero-order chi connectivity index (χ0) is 14.1. The van der Waals surface area contributed by atoms with Crippen LogP contribution in [0.15, 0.2) is 0 Å². The van der Waals surface area contributed by atoms with E-state index in [0.29, 0.717) is 25.1 Å². The van der Waals surface area contributed by atoms with E-state index in [2.05, 4.69) is 5.32 Å². The molecule has 0 aliphatic rings. The monoisotopic (exact) mass is 278 g/mol. The topological polar surface area (TPSA) is 86.7 Å². The van der Waals surface area contributed by atoms with Gasteiger partial charge in [-0.05, 0) is 19.8 Å². The summed E-state index contributed by atoms with van der Waals surface area (Å²) in [5, 5.41) is 11.4. The molecule has 0 bridgehead atoms. The van der Waals surface area contributed by atoms with E-state index < -0.39 is 16.8 Å². The molecule has 0 heterocycles. The molecule has 0 fully saturated rings. The van der Waals surface area contributed by atoms with Gasteiger partial charge in [0.15, 0.2) is 0 Å². The van der Waals surface area contributed by atoms with Gasteiger partial charge in [0, 0.05) is 35.4 Å². The van der Waals surface area contributed by atoms with Gasteiger partial charge in [0.05, 0.1) is 0 Å². The van der Waals surface area contributed by atoms with Crippen LogP contribution in [-0.4, -0.2) is 57.4 Å². The molecule has 0 spiro atoms. The third kappa shape index (κ3) is 7.26. The maximum Gasteiger partial charge on any atom is 0.323 e. The number of hydrogen-bond acceptors (Lipinski definition) is 3. The second-order valence-electron chi connectivity index (χ2n) is 4.14. The van der Waals surface area contributed by atoms with Crippen molar-refractivity contribution in [3.05, 3.63) is 0 Å². The first-order valence-electron chi connectivity index (χ1n) is 5.94. The molecular formula is C11H22N2O4S. The van der Waals surface area contributed by atoms with Crippen LogP contribution >= 0.6 is 0 Å². The molecule has 0 aliphatic carbocycles. The van der Waals surface area contributed by atoms with Gasteiger partial charge in [-0.2, -0.15) is 0 Å². The van der Waals surface area contributed by atoms with Crippen molar-refractivity contribution >= 4 is 22.8 Å². The zero-order valence-electron chi connectivity index (χ0n) is 11.1.